The monoisotopic (exact) mass is 405 g/mol. The summed E-state index contributed by atoms with van der Waals surface area (Å²) in [6.07, 6.45) is 1.99. The van der Waals surface area contributed by atoms with Crippen LogP contribution >= 0.6 is 0 Å². The lowest BCUT2D eigenvalue weighted by Gasteiger charge is -2.32. The Hall–Kier alpha value is -2.83. The molecule has 0 aliphatic carbocycles. The SMILES string of the molecule is COc1cc(CCC(=O)N2CCC(Oc3ccc(F)cc3F)CC2)cc(OC)c1. The van der Waals surface area contributed by atoms with E-state index >= 15 is 0 Å². The van der Waals surface area contributed by atoms with Gasteiger partial charge in [-0.15, -0.1) is 0 Å². The molecule has 156 valence electrons. The Morgan fingerprint density at radius 2 is 1.69 bits per heavy atom. The fourth-order valence-electron chi connectivity index (χ4n) is 3.39. The third-order valence-electron chi connectivity index (χ3n) is 5.02. The molecule has 1 amide bonds. The van der Waals surface area contributed by atoms with Crippen LogP contribution < -0.4 is 14.2 Å². The lowest BCUT2D eigenvalue weighted by Crippen LogP contribution is -2.41. The van der Waals surface area contributed by atoms with Gasteiger partial charge in [0.2, 0.25) is 5.91 Å². The molecule has 0 saturated carbocycles. The minimum atomic E-state index is -0.711. The summed E-state index contributed by atoms with van der Waals surface area (Å²) in [4.78, 5) is 14.4. The molecular weight excluding hydrogens is 380 g/mol. The average molecular weight is 405 g/mol. The van der Waals surface area contributed by atoms with Crippen molar-refractivity contribution in [3.63, 3.8) is 0 Å². The minimum Gasteiger partial charge on any atom is -0.497 e. The van der Waals surface area contributed by atoms with E-state index in [2.05, 4.69) is 0 Å². The number of amides is 1. The van der Waals surface area contributed by atoms with Gasteiger partial charge in [0.05, 0.1) is 14.2 Å². The van der Waals surface area contributed by atoms with Crippen molar-refractivity contribution in [3.05, 3.63) is 53.6 Å². The topological polar surface area (TPSA) is 48.0 Å². The standard InChI is InChI=1S/C22H25F2NO4/c1-27-18-11-15(12-19(14-18)28-2)3-6-22(26)25-9-7-17(8-10-25)29-21-5-4-16(23)13-20(21)24/h4-5,11-14,17H,3,6-10H2,1-2H3. The predicted octanol–water partition coefficient (Wildman–Crippen LogP) is 3.98. The first kappa shape index (κ1) is 20.9. The van der Waals surface area contributed by atoms with Crippen molar-refractivity contribution in [1.29, 1.82) is 0 Å². The van der Waals surface area contributed by atoms with Crippen LogP contribution in [-0.4, -0.2) is 44.2 Å². The summed E-state index contributed by atoms with van der Waals surface area (Å²) in [5, 5.41) is 0. The van der Waals surface area contributed by atoms with Gasteiger partial charge in [0, 0.05) is 44.5 Å². The fourth-order valence-corrected chi connectivity index (χ4v) is 3.39. The van der Waals surface area contributed by atoms with E-state index in [0.29, 0.717) is 50.3 Å². The number of likely N-dealkylation sites (tertiary alicyclic amines) is 1. The second-order valence-electron chi connectivity index (χ2n) is 6.99. The first-order valence-electron chi connectivity index (χ1n) is 9.60. The molecule has 29 heavy (non-hydrogen) atoms. The molecular formula is C22H25F2NO4. The maximum absolute atomic E-state index is 13.7. The van der Waals surface area contributed by atoms with Crippen LogP contribution in [0.4, 0.5) is 8.78 Å². The fraction of sp³-hybridized carbons (Fsp3) is 0.409. The first-order valence-corrected chi connectivity index (χ1v) is 9.60. The van der Waals surface area contributed by atoms with Crippen molar-refractivity contribution in [2.45, 2.75) is 31.8 Å². The third-order valence-corrected chi connectivity index (χ3v) is 5.02. The lowest BCUT2D eigenvalue weighted by molar-refractivity contribution is -0.132. The van der Waals surface area contributed by atoms with Crippen molar-refractivity contribution >= 4 is 5.91 Å². The zero-order chi connectivity index (χ0) is 20.8. The minimum absolute atomic E-state index is 0.0446. The second kappa shape index (κ2) is 9.58. The molecule has 1 fully saturated rings. The number of methoxy groups -OCH3 is 2. The Balaban J connectivity index is 1.49. The van der Waals surface area contributed by atoms with E-state index in [4.69, 9.17) is 14.2 Å². The van der Waals surface area contributed by atoms with Gasteiger partial charge in [-0.05, 0) is 36.2 Å². The van der Waals surface area contributed by atoms with E-state index in [0.717, 1.165) is 11.6 Å². The Morgan fingerprint density at radius 3 is 2.28 bits per heavy atom. The average Bonchev–Trinajstić information content (AvgIpc) is 2.74. The lowest BCUT2D eigenvalue weighted by atomic mass is 10.0. The van der Waals surface area contributed by atoms with Crippen LogP contribution in [-0.2, 0) is 11.2 Å². The number of hydrogen-bond acceptors (Lipinski definition) is 4. The van der Waals surface area contributed by atoms with Crippen molar-refractivity contribution < 1.29 is 27.8 Å². The molecule has 7 heteroatoms. The molecule has 0 unspecified atom stereocenters. The highest BCUT2D eigenvalue weighted by Gasteiger charge is 2.24. The second-order valence-corrected chi connectivity index (χ2v) is 6.99. The number of carbonyl (C=O) groups excluding carboxylic acids is 1. The van der Waals surface area contributed by atoms with Crippen LogP contribution in [0.5, 0.6) is 17.2 Å². The van der Waals surface area contributed by atoms with Crippen molar-refractivity contribution in [2.75, 3.05) is 27.3 Å². The van der Waals surface area contributed by atoms with Gasteiger partial charge in [0.1, 0.15) is 23.4 Å². The molecule has 0 spiro atoms. The van der Waals surface area contributed by atoms with Crippen molar-refractivity contribution in [2.24, 2.45) is 0 Å². The highest BCUT2D eigenvalue weighted by Crippen LogP contribution is 2.25. The molecule has 2 aromatic rings. The number of carbonyl (C=O) groups is 1. The van der Waals surface area contributed by atoms with Crippen LogP contribution in [0.3, 0.4) is 0 Å². The Bertz CT molecular complexity index is 828. The summed E-state index contributed by atoms with van der Waals surface area (Å²) >= 11 is 0. The maximum atomic E-state index is 13.7. The quantitative estimate of drug-likeness (QED) is 0.699. The van der Waals surface area contributed by atoms with E-state index in [9.17, 15) is 13.6 Å². The van der Waals surface area contributed by atoms with Crippen LogP contribution in [0.1, 0.15) is 24.8 Å². The number of piperidine rings is 1. The molecule has 0 radical (unpaired) electrons. The Labute approximate surface area is 169 Å². The number of benzene rings is 2. The van der Waals surface area contributed by atoms with Crippen LogP contribution in [0.25, 0.3) is 0 Å². The van der Waals surface area contributed by atoms with E-state index < -0.39 is 11.6 Å². The van der Waals surface area contributed by atoms with E-state index in [1.165, 1.54) is 12.1 Å². The first-order chi connectivity index (χ1) is 14.0. The molecule has 0 bridgehead atoms. The van der Waals surface area contributed by atoms with Crippen molar-refractivity contribution in [1.82, 2.24) is 4.90 Å². The van der Waals surface area contributed by atoms with Crippen LogP contribution in [0, 0.1) is 11.6 Å². The van der Waals surface area contributed by atoms with Gasteiger partial charge in [0.15, 0.2) is 11.6 Å². The van der Waals surface area contributed by atoms with Crippen LogP contribution in [0.15, 0.2) is 36.4 Å². The molecule has 0 atom stereocenters. The summed E-state index contributed by atoms with van der Waals surface area (Å²) < 4.78 is 42.9. The summed E-state index contributed by atoms with van der Waals surface area (Å²) in [5.74, 6) is 0.151. The summed E-state index contributed by atoms with van der Waals surface area (Å²) in [6, 6.07) is 8.86. The molecule has 0 aromatic heterocycles. The molecule has 0 N–H and O–H groups in total. The molecule has 1 aliphatic heterocycles. The molecule has 1 aliphatic rings. The number of ether oxygens (including phenoxy) is 3. The van der Waals surface area contributed by atoms with Gasteiger partial charge in [-0.3, -0.25) is 4.79 Å². The zero-order valence-electron chi connectivity index (χ0n) is 16.6. The number of hydrogen-bond donors (Lipinski definition) is 0. The van der Waals surface area contributed by atoms with Gasteiger partial charge in [-0.2, -0.15) is 0 Å². The van der Waals surface area contributed by atoms with Gasteiger partial charge < -0.3 is 19.1 Å². The van der Waals surface area contributed by atoms with E-state index in [-0.39, 0.29) is 17.8 Å². The zero-order valence-corrected chi connectivity index (χ0v) is 16.6. The molecule has 1 heterocycles. The highest BCUT2D eigenvalue weighted by atomic mass is 19.1. The molecule has 2 aromatic carbocycles. The smallest absolute Gasteiger partial charge is 0.222 e. The number of halogens is 2. The third kappa shape index (κ3) is 5.59. The normalized spacial score (nSPS) is 14.6. The van der Waals surface area contributed by atoms with E-state index in [1.54, 1.807) is 25.2 Å². The summed E-state index contributed by atoms with van der Waals surface area (Å²) in [5.41, 5.74) is 0.972. The number of rotatable bonds is 7. The Kier molecular flexibility index (Phi) is 6.90. The predicted molar refractivity (Wildman–Crippen MR) is 104 cm³/mol. The molecule has 5 nitrogen and oxygen atoms in total. The van der Waals surface area contributed by atoms with Gasteiger partial charge >= 0.3 is 0 Å². The molecule has 1 saturated heterocycles. The molecule has 3 rings (SSSR count). The Morgan fingerprint density at radius 1 is 1.03 bits per heavy atom. The van der Waals surface area contributed by atoms with Gasteiger partial charge in [-0.25, -0.2) is 8.78 Å². The summed E-state index contributed by atoms with van der Waals surface area (Å²) in [7, 11) is 3.18. The maximum Gasteiger partial charge on any atom is 0.222 e. The van der Waals surface area contributed by atoms with Crippen LogP contribution in [0.2, 0.25) is 0 Å². The van der Waals surface area contributed by atoms with Gasteiger partial charge in [0.25, 0.3) is 0 Å². The summed E-state index contributed by atoms with van der Waals surface area (Å²) in [6.45, 7) is 1.10. The van der Waals surface area contributed by atoms with E-state index in [1.807, 2.05) is 12.1 Å². The number of aryl methyl sites for hydroxylation is 1. The van der Waals surface area contributed by atoms with Gasteiger partial charge in [-0.1, -0.05) is 0 Å². The number of nitrogens with zero attached hydrogens (tertiary/aromatic N) is 1. The van der Waals surface area contributed by atoms with Crippen molar-refractivity contribution in [3.8, 4) is 17.2 Å². The highest BCUT2D eigenvalue weighted by molar-refractivity contribution is 5.76. The largest absolute Gasteiger partial charge is 0.497 e.